The lowest BCUT2D eigenvalue weighted by atomic mass is 10.2. The lowest BCUT2D eigenvalue weighted by molar-refractivity contribution is 0.189. The molecule has 1 atom stereocenters. The smallest absolute Gasteiger partial charge is 0.121 e. The molecular formula is C13H16N2O2. The molecule has 0 saturated carbocycles. The highest BCUT2D eigenvalue weighted by Gasteiger charge is 2.05. The maximum Gasteiger partial charge on any atom is 0.121 e. The minimum Gasteiger partial charge on any atom is -0.492 e. The van der Waals surface area contributed by atoms with Gasteiger partial charge in [0.1, 0.15) is 12.4 Å². The zero-order valence-electron chi connectivity index (χ0n) is 9.76. The molecule has 2 rings (SSSR count). The molecule has 1 aromatic heterocycles. The molecule has 1 unspecified atom stereocenters. The van der Waals surface area contributed by atoms with Crippen molar-refractivity contribution in [2.24, 2.45) is 0 Å². The highest BCUT2D eigenvalue weighted by molar-refractivity contribution is 5.79. The maximum absolute atomic E-state index is 9.02. The normalized spacial score (nSPS) is 12.6. The van der Waals surface area contributed by atoms with Crippen LogP contribution < -0.4 is 10.1 Å². The Kier molecular flexibility index (Phi) is 3.90. The van der Waals surface area contributed by atoms with Crippen LogP contribution in [-0.2, 0) is 0 Å². The van der Waals surface area contributed by atoms with Crippen molar-refractivity contribution in [2.75, 3.05) is 20.3 Å². The Morgan fingerprint density at radius 3 is 3.06 bits per heavy atom. The first-order chi connectivity index (χ1) is 8.33. The number of hydrogen-bond acceptors (Lipinski definition) is 4. The van der Waals surface area contributed by atoms with Crippen LogP contribution in [-0.4, -0.2) is 36.4 Å². The van der Waals surface area contributed by atoms with Gasteiger partial charge in [-0.25, -0.2) is 0 Å². The number of aliphatic hydroxyl groups is 1. The molecule has 4 nitrogen and oxygen atoms in total. The second kappa shape index (κ2) is 5.61. The lowest BCUT2D eigenvalue weighted by Crippen LogP contribution is -2.34. The number of likely N-dealkylation sites (N-methyl/N-ethyl adjacent to an activating group) is 1. The fourth-order valence-corrected chi connectivity index (χ4v) is 1.56. The van der Waals surface area contributed by atoms with E-state index in [1.165, 1.54) is 0 Å². The molecule has 2 aromatic rings. The molecule has 4 heteroatoms. The number of fused-ring (bicyclic) bond motifs is 1. The van der Waals surface area contributed by atoms with E-state index in [0.717, 1.165) is 16.7 Å². The van der Waals surface area contributed by atoms with Gasteiger partial charge in [-0.3, -0.25) is 4.98 Å². The van der Waals surface area contributed by atoms with Gasteiger partial charge in [0.2, 0.25) is 0 Å². The lowest BCUT2D eigenvalue weighted by Gasteiger charge is -2.14. The van der Waals surface area contributed by atoms with Crippen molar-refractivity contribution in [3.8, 4) is 5.75 Å². The number of nitrogens with one attached hydrogen (secondary N) is 1. The van der Waals surface area contributed by atoms with Crippen molar-refractivity contribution >= 4 is 10.9 Å². The number of benzene rings is 1. The van der Waals surface area contributed by atoms with E-state index in [4.69, 9.17) is 9.84 Å². The van der Waals surface area contributed by atoms with Crippen LogP contribution >= 0.6 is 0 Å². The molecule has 0 amide bonds. The first-order valence-corrected chi connectivity index (χ1v) is 5.59. The number of hydrogen-bond donors (Lipinski definition) is 2. The summed E-state index contributed by atoms with van der Waals surface area (Å²) in [6.07, 6.45) is 1.76. The van der Waals surface area contributed by atoms with E-state index in [0.29, 0.717) is 6.61 Å². The molecule has 0 aliphatic rings. The van der Waals surface area contributed by atoms with Gasteiger partial charge in [-0.1, -0.05) is 6.07 Å². The van der Waals surface area contributed by atoms with Crippen LogP contribution in [0.5, 0.6) is 5.75 Å². The monoisotopic (exact) mass is 232 g/mol. The summed E-state index contributed by atoms with van der Waals surface area (Å²) < 4.78 is 5.60. The van der Waals surface area contributed by atoms with Gasteiger partial charge in [0.15, 0.2) is 0 Å². The highest BCUT2D eigenvalue weighted by atomic mass is 16.5. The number of nitrogens with zero attached hydrogens (tertiary/aromatic N) is 1. The van der Waals surface area contributed by atoms with E-state index < -0.39 is 0 Å². The standard InChI is InChI=1S/C13H16N2O2/c1-14-11(8-16)9-17-12-5-4-10-3-2-6-15-13(10)7-12/h2-7,11,14,16H,8-9H2,1H3. The predicted octanol–water partition coefficient (Wildman–Crippen LogP) is 1.19. The first kappa shape index (κ1) is 11.8. The van der Waals surface area contributed by atoms with E-state index in [9.17, 15) is 0 Å². The van der Waals surface area contributed by atoms with Crippen LogP contribution in [0, 0.1) is 0 Å². The Balaban J connectivity index is 2.09. The van der Waals surface area contributed by atoms with Crippen molar-refractivity contribution in [2.45, 2.75) is 6.04 Å². The Bertz CT molecular complexity index is 484. The molecule has 0 spiro atoms. The summed E-state index contributed by atoms with van der Waals surface area (Å²) in [7, 11) is 1.80. The van der Waals surface area contributed by atoms with Gasteiger partial charge in [0, 0.05) is 17.6 Å². The third-order valence-corrected chi connectivity index (χ3v) is 2.66. The molecule has 1 aromatic carbocycles. The SMILES string of the molecule is CNC(CO)COc1ccc2cccnc2c1. The third-order valence-electron chi connectivity index (χ3n) is 2.66. The second-order valence-electron chi connectivity index (χ2n) is 3.84. The maximum atomic E-state index is 9.02. The average molecular weight is 232 g/mol. The molecule has 17 heavy (non-hydrogen) atoms. The van der Waals surface area contributed by atoms with Gasteiger partial charge in [-0.05, 0) is 25.2 Å². The minimum atomic E-state index is -0.0468. The predicted molar refractivity (Wildman–Crippen MR) is 67.2 cm³/mol. The molecule has 0 aliphatic carbocycles. The Morgan fingerprint density at radius 1 is 1.41 bits per heavy atom. The second-order valence-corrected chi connectivity index (χ2v) is 3.84. The molecule has 0 saturated heterocycles. The van der Waals surface area contributed by atoms with Crippen LogP contribution in [0.4, 0.5) is 0 Å². The zero-order valence-corrected chi connectivity index (χ0v) is 9.76. The van der Waals surface area contributed by atoms with Gasteiger partial charge in [-0.15, -0.1) is 0 Å². The minimum absolute atomic E-state index is 0.0468. The van der Waals surface area contributed by atoms with Crippen LogP contribution in [0.2, 0.25) is 0 Å². The quantitative estimate of drug-likeness (QED) is 0.813. The van der Waals surface area contributed by atoms with E-state index in [-0.39, 0.29) is 12.6 Å². The number of aromatic nitrogens is 1. The van der Waals surface area contributed by atoms with Crippen LogP contribution in [0.15, 0.2) is 36.5 Å². The molecule has 0 bridgehead atoms. The Labute approximate surface area is 100 Å². The van der Waals surface area contributed by atoms with Crippen molar-refractivity contribution in [3.05, 3.63) is 36.5 Å². The van der Waals surface area contributed by atoms with E-state index in [1.54, 1.807) is 13.2 Å². The largest absolute Gasteiger partial charge is 0.492 e. The summed E-state index contributed by atoms with van der Waals surface area (Å²) in [5.41, 5.74) is 0.912. The van der Waals surface area contributed by atoms with Crippen molar-refractivity contribution in [1.29, 1.82) is 0 Å². The summed E-state index contributed by atoms with van der Waals surface area (Å²) in [5, 5.41) is 13.1. The summed E-state index contributed by atoms with van der Waals surface area (Å²) in [6.45, 7) is 0.494. The Morgan fingerprint density at radius 2 is 2.29 bits per heavy atom. The van der Waals surface area contributed by atoms with E-state index in [2.05, 4.69) is 10.3 Å². The van der Waals surface area contributed by atoms with Crippen molar-refractivity contribution in [1.82, 2.24) is 10.3 Å². The molecule has 0 aliphatic heterocycles. The first-order valence-electron chi connectivity index (χ1n) is 5.59. The van der Waals surface area contributed by atoms with Gasteiger partial charge < -0.3 is 15.2 Å². The van der Waals surface area contributed by atoms with E-state index in [1.807, 2.05) is 30.3 Å². The molecular weight excluding hydrogens is 216 g/mol. The van der Waals surface area contributed by atoms with Crippen LogP contribution in [0.3, 0.4) is 0 Å². The van der Waals surface area contributed by atoms with Crippen LogP contribution in [0.1, 0.15) is 0 Å². The van der Waals surface area contributed by atoms with Crippen molar-refractivity contribution < 1.29 is 9.84 Å². The summed E-state index contributed by atoms with van der Waals surface area (Å²) in [6, 6.07) is 9.66. The number of rotatable bonds is 5. The number of aliphatic hydroxyl groups excluding tert-OH is 1. The van der Waals surface area contributed by atoms with Gasteiger partial charge in [-0.2, -0.15) is 0 Å². The van der Waals surface area contributed by atoms with Gasteiger partial charge in [0.25, 0.3) is 0 Å². The topological polar surface area (TPSA) is 54.4 Å². The molecule has 1 heterocycles. The number of ether oxygens (including phenoxy) is 1. The van der Waals surface area contributed by atoms with Gasteiger partial charge in [0.05, 0.1) is 18.2 Å². The molecule has 2 N–H and O–H groups in total. The van der Waals surface area contributed by atoms with Gasteiger partial charge >= 0.3 is 0 Å². The summed E-state index contributed by atoms with van der Waals surface area (Å²) in [4.78, 5) is 4.26. The average Bonchev–Trinajstić information content (AvgIpc) is 2.40. The summed E-state index contributed by atoms with van der Waals surface area (Å²) >= 11 is 0. The summed E-state index contributed by atoms with van der Waals surface area (Å²) in [5.74, 6) is 0.768. The fraction of sp³-hybridized carbons (Fsp3) is 0.308. The zero-order chi connectivity index (χ0) is 12.1. The van der Waals surface area contributed by atoms with E-state index >= 15 is 0 Å². The van der Waals surface area contributed by atoms with Crippen LogP contribution in [0.25, 0.3) is 10.9 Å². The molecule has 90 valence electrons. The fourth-order valence-electron chi connectivity index (χ4n) is 1.56. The molecule has 0 radical (unpaired) electrons. The molecule has 0 fully saturated rings. The Hall–Kier alpha value is -1.65. The third kappa shape index (κ3) is 2.93. The highest BCUT2D eigenvalue weighted by Crippen LogP contribution is 2.18. The van der Waals surface area contributed by atoms with Crippen molar-refractivity contribution in [3.63, 3.8) is 0 Å². The number of pyridine rings is 1.